The lowest BCUT2D eigenvalue weighted by Gasteiger charge is -2.13. The van der Waals surface area contributed by atoms with Gasteiger partial charge < -0.3 is 5.32 Å². The Hall–Kier alpha value is -2.49. The second-order valence-electron chi connectivity index (χ2n) is 6.39. The summed E-state index contributed by atoms with van der Waals surface area (Å²) in [5, 5.41) is 2.88. The van der Waals surface area contributed by atoms with Gasteiger partial charge in [0.2, 0.25) is 6.04 Å². The summed E-state index contributed by atoms with van der Waals surface area (Å²) in [5.41, 5.74) is 2.54. The maximum Gasteiger partial charge on any atom is 0.293 e. The number of carbonyl (C=O) groups is 2. The standard InChI is InChI=1S/C21H26N2O2/c1-5-17(6-2)18-10-12-23(13-11-18)15(3)21(25)22-20-9-7-8-19(14-20)16(4)24/h7-15,17H,5-6H2,1-4H3/p+1/t15-/m0/s1. The largest absolute Gasteiger partial charge is 0.320 e. The van der Waals surface area contributed by atoms with Crippen LogP contribution >= 0.6 is 0 Å². The van der Waals surface area contributed by atoms with Crippen molar-refractivity contribution in [1.29, 1.82) is 0 Å². The second kappa shape index (κ2) is 8.56. The van der Waals surface area contributed by atoms with Gasteiger partial charge in [-0.1, -0.05) is 26.0 Å². The summed E-state index contributed by atoms with van der Waals surface area (Å²) in [6.07, 6.45) is 6.15. The minimum Gasteiger partial charge on any atom is -0.320 e. The molecule has 1 heterocycles. The summed E-state index contributed by atoms with van der Waals surface area (Å²) in [5.74, 6) is 0.435. The van der Waals surface area contributed by atoms with Gasteiger partial charge in [-0.2, -0.15) is 4.57 Å². The molecule has 4 heteroatoms. The first kappa shape index (κ1) is 18.8. The van der Waals surface area contributed by atoms with Crippen molar-refractivity contribution >= 4 is 17.4 Å². The molecule has 0 aliphatic carbocycles. The van der Waals surface area contributed by atoms with Gasteiger partial charge in [-0.25, -0.2) is 0 Å². The lowest BCUT2D eigenvalue weighted by atomic mass is 9.95. The van der Waals surface area contributed by atoms with Gasteiger partial charge >= 0.3 is 0 Å². The van der Waals surface area contributed by atoms with Crippen molar-refractivity contribution in [3.63, 3.8) is 0 Å². The molecule has 25 heavy (non-hydrogen) atoms. The average Bonchev–Trinajstić information content (AvgIpc) is 2.63. The maximum atomic E-state index is 12.5. The van der Waals surface area contributed by atoms with Crippen LogP contribution in [0.25, 0.3) is 0 Å². The van der Waals surface area contributed by atoms with Crippen LogP contribution in [0.4, 0.5) is 5.69 Å². The molecule has 4 nitrogen and oxygen atoms in total. The number of benzene rings is 1. The molecule has 0 bridgehead atoms. The van der Waals surface area contributed by atoms with Gasteiger partial charge in [-0.3, -0.25) is 9.59 Å². The lowest BCUT2D eigenvalue weighted by Crippen LogP contribution is -2.44. The third-order valence-electron chi connectivity index (χ3n) is 4.70. The number of pyridine rings is 1. The van der Waals surface area contributed by atoms with Crippen LogP contribution < -0.4 is 9.88 Å². The maximum absolute atomic E-state index is 12.5. The van der Waals surface area contributed by atoms with Crippen LogP contribution in [0.2, 0.25) is 0 Å². The second-order valence-corrected chi connectivity index (χ2v) is 6.39. The summed E-state index contributed by atoms with van der Waals surface area (Å²) >= 11 is 0. The van der Waals surface area contributed by atoms with E-state index >= 15 is 0 Å². The van der Waals surface area contributed by atoms with E-state index in [1.54, 1.807) is 24.3 Å². The quantitative estimate of drug-likeness (QED) is 0.604. The minimum absolute atomic E-state index is 0.0180. The summed E-state index contributed by atoms with van der Waals surface area (Å²) in [6, 6.07) is 10.9. The molecule has 1 aromatic heterocycles. The van der Waals surface area contributed by atoms with Gasteiger partial charge in [-0.15, -0.1) is 0 Å². The van der Waals surface area contributed by atoms with Crippen molar-refractivity contribution in [2.45, 2.75) is 52.5 Å². The fourth-order valence-electron chi connectivity index (χ4n) is 2.94. The highest BCUT2D eigenvalue weighted by molar-refractivity contribution is 5.97. The Morgan fingerprint density at radius 2 is 1.72 bits per heavy atom. The van der Waals surface area contributed by atoms with E-state index in [-0.39, 0.29) is 17.7 Å². The van der Waals surface area contributed by atoms with E-state index in [1.807, 2.05) is 23.9 Å². The first-order chi connectivity index (χ1) is 12.0. The predicted molar refractivity (Wildman–Crippen MR) is 99.7 cm³/mol. The van der Waals surface area contributed by atoms with Gasteiger partial charge in [0.1, 0.15) is 0 Å². The van der Waals surface area contributed by atoms with E-state index in [4.69, 9.17) is 0 Å². The zero-order valence-electron chi connectivity index (χ0n) is 15.5. The van der Waals surface area contributed by atoms with Gasteiger partial charge in [0.25, 0.3) is 5.91 Å². The molecular formula is C21H27N2O2+. The summed E-state index contributed by atoms with van der Waals surface area (Å²) in [7, 11) is 0. The van der Waals surface area contributed by atoms with Gasteiger partial charge in [0.05, 0.1) is 0 Å². The third-order valence-corrected chi connectivity index (χ3v) is 4.70. The number of Topliss-reactive ketones (excluding diaryl/α,β-unsaturated/α-hetero) is 1. The van der Waals surface area contributed by atoms with E-state index in [2.05, 4.69) is 31.3 Å². The average molecular weight is 339 g/mol. The van der Waals surface area contributed by atoms with Crippen LogP contribution in [0.15, 0.2) is 48.8 Å². The van der Waals surface area contributed by atoms with E-state index in [0.717, 1.165) is 12.8 Å². The normalized spacial score (nSPS) is 12.0. The number of anilines is 1. The number of nitrogens with one attached hydrogen (secondary N) is 1. The van der Waals surface area contributed by atoms with Crippen molar-refractivity contribution in [3.8, 4) is 0 Å². The van der Waals surface area contributed by atoms with E-state index in [0.29, 0.717) is 17.2 Å². The Balaban J connectivity index is 2.09. The zero-order chi connectivity index (χ0) is 18.4. The van der Waals surface area contributed by atoms with Crippen molar-refractivity contribution in [1.82, 2.24) is 0 Å². The van der Waals surface area contributed by atoms with Crippen LogP contribution in [0.1, 0.15) is 68.4 Å². The Kier molecular flexibility index (Phi) is 6.45. The van der Waals surface area contributed by atoms with E-state index in [1.165, 1.54) is 12.5 Å². The molecule has 0 fully saturated rings. The van der Waals surface area contributed by atoms with Crippen molar-refractivity contribution in [2.24, 2.45) is 0 Å². The smallest absolute Gasteiger partial charge is 0.293 e. The molecule has 0 spiro atoms. The Morgan fingerprint density at radius 1 is 1.08 bits per heavy atom. The minimum atomic E-state index is -0.336. The molecule has 1 atom stereocenters. The molecule has 0 aliphatic rings. The van der Waals surface area contributed by atoms with Crippen LogP contribution in [0, 0.1) is 0 Å². The highest BCUT2D eigenvalue weighted by atomic mass is 16.2. The monoisotopic (exact) mass is 339 g/mol. The number of rotatable bonds is 7. The molecule has 0 saturated carbocycles. The number of amides is 1. The first-order valence-corrected chi connectivity index (χ1v) is 8.88. The third kappa shape index (κ3) is 4.75. The van der Waals surface area contributed by atoms with Crippen molar-refractivity contribution < 1.29 is 14.2 Å². The van der Waals surface area contributed by atoms with Crippen LogP contribution in [0.3, 0.4) is 0 Å². The Labute approximate surface area is 149 Å². The molecule has 0 saturated heterocycles. The number of aromatic nitrogens is 1. The van der Waals surface area contributed by atoms with Gasteiger partial charge in [-0.05, 0) is 43.4 Å². The zero-order valence-corrected chi connectivity index (χ0v) is 15.5. The summed E-state index contributed by atoms with van der Waals surface area (Å²) in [6.45, 7) is 7.77. The molecule has 0 unspecified atom stereocenters. The highest BCUT2D eigenvalue weighted by Gasteiger charge is 2.22. The number of ketones is 1. The van der Waals surface area contributed by atoms with E-state index < -0.39 is 0 Å². The molecule has 0 aliphatic heterocycles. The van der Waals surface area contributed by atoms with Crippen LogP contribution in [-0.2, 0) is 4.79 Å². The molecule has 0 radical (unpaired) electrons. The SMILES string of the molecule is CCC(CC)c1cc[n+]([C@@H](C)C(=O)Nc2cccc(C(C)=O)c2)cc1. The van der Waals surface area contributed by atoms with Crippen LogP contribution in [0.5, 0.6) is 0 Å². The fourth-order valence-corrected chi connectivity index (χ4v) is 2.94. The van der Waals surface area contributed by atoms with Crippen molar-refractivity contribution in [2.75, 3.05) is 5.32 Å². The molecule has 1 aromatic carbocycles. The topological polar surface area (TPSA) is 50.0 Å². The fraction of sp³-hybridized carbons (Fsp3) is 0.381. The summed E-state index contributed by atoms with van der Waals surface area (Å²) in [4.78, 5) is 24.0. The predicted octanol–water partition coefficient (Wildman–Crippen LogP) is 4.28. The Bertz CT molecular complexity index is 734. The van der Waals surface area contributed by atoms with E-state index in [9.17, 15) is 9.59 Å². The molecule has 2 rings (SSSR count). The lowest BCUT2D eigenvalue weighted by molar-refractivity contribution is -0.705. The molecular weight excluding hydrogens is 312 g/mol. The summed E-state index contributed by atoms with van der Waals surface area (Å²) < 4.78 is 1.90. The molecule has 2 aromatic rings. The highest BCUT2D eigenvalue weighted by Crippen LogP contribution is 2.21. The number of nitrogens with zero attached hydrogens (tertiary/aromatic N) is 1. The number of hydrogen-bond donors (Lipinski definition) is 1. The van der Waals surface area contributed by atoms with Crippen LogP contribution in [-0.4, -0.2) is 11.7 Å². The molecule has 1 N–H and O–H groups in total. The van der Waals surface area contributed by atoms with Crippen molar-refractivity contribution in [3.05, 3.63) is 59.9 Å². The first-order valence-electron chi connectivity index (χ1n) is 8.88. The number of hydrogen-bond acceptors (Lipinski definition) is 2. The van der Waals surface area contributed by atoms with Gasteiger partial charge in [0, 0.05) is 30.3 Å². The molecule has 1 amide bonds. The van der Waals surface area contributed by atoms with Gasteiger partial charge in [0.15, 0.2) is 18.2 Å². The molecule has 132 valence electrons. The Morgan fingerprint density at radius 3 is 2.28 bits per heavy atom. The number of carbonyl (C=O) groups excluding carboxylic acids is 2.